The second-order valence-corrected chi connectivity index (χ2v) is 5.18. The number of hydrogen-bond acceptors (Lipinski definition) is 1. The van der Waals surface area contributed by atoms with Crippen molar-refractivity contribution < 1.29 is 9.90 Å². The van der Waals surface area contributed by atoms with Crippen LogP contribution < -0.4 is 0 Å². The lowest BCUT2D eigenvalue weighted by Crippen LogP contribution is -2.12. The fourth-order valence-electron chi connectivity index (χ4n) is 2.39. The van der Waals surface area contributed by atoms with Crippen LogP contribution in [0.2, 0.25) is 0 Å². The third-order valence-electron chi connectivity index (χ3n) is 3.58. The molecule has 0 amide bonds. The van der Waals surface area contributed by atoms with E-state index in [1.807, 2.05) is 49.4 Å². The summed E-state index contributed by atoms with van der Waals surface area (Å²) in [6, 6.07) is 18.0. The van der Waals surface area contributed by atoms with Crippen LogP contribution in [0.5, 0.6) is 0 Å². The molecule has 0 bridgehead atoms. The molecule has 0 saturated heterocycles. The van der Waals surface area contributed by atoms with Gasteiger partial charge in [0, 0.05) is 0 Å². The van der Waals surface area contributed by atoms with E-state index in [-0.39, 0.29) is 0 Å². The summed E-state index contributed by atoms with van der Waals surface area (Å²) < 4.78 is 0. The smallest absolute Gasteiger partial charge is 0.310 e. The third kappa shape index (κ3) is 3.95. The molecule has 0 aromatic heterocycles. The summed E-state index contributed by atoms with van der Waals surface area (Å²) in [6.07, 6.45) is 2.48. The van der Waals surface area contributed by atoms with Crippen molar-refractivity contribution in [2.75, 3.05) is 0 Å². The summed E-state index contributed by atoms with van der Waals surface area (Å²) in [5.41, 5.74) is 3.32. The number of carboxylic acid groups (broad SMARTS) is 1. The molecule has 2 aromatic rings. The molecule has 0 radical (unpaired) electrons. The van der Waals surface area contributed by atoms with Crippen molar-refractivity contribution >= 4 is 5.97 Å². The number of aryl methyl sites for hydroxylation is 2. The highest BCUT2D eigenvalue weighted by atomic mass is 16.4. The highest BCUT2D eigenvalue weighted by Gasteiger charge is 2.19. The molecule has 1 N–H and O–H groups in total. The lowest BCUT2D eigenvalue weighted by atomic mass is 9.92. The maximum Gasteiger partial charge on any atom is 0.310 e. The van der Waals surface area contributed by atoms with Gasteiger partial charge in [-0.05, 0) is 37.3 Å². The van der Waals surface area contributed by atoms with E-state index in [0.29, 0.717) is 6.42 Å². The molecule has 0 aliphatic heterocycles. The minimum Gasteiger partial charge on any atom is -0.481 e. The van der Waals surface area contributed by atoms with E-state index >= 15 is 0 Å². The summed E-state index contributed by atoms with van der Waals surface area (Å²) >= 11 is 0. The van der Waals surface area contributed by atoms with Gasteiger partial charge in [0.1, 0.15) is 0 Å². The Morgan fingerprint density at radius 1 is 1.05 bits per heavy atom. The Morgan fingerprint density at radius 3 is 2.30 bits per heavy atom. The Kier molecular flexibility index (Phi) is 4.94. The lowest BCUT2D eigenvalue weighted by Gasteiger charge is -2.13. The second kappa shape index (κ2) is 6.90. The maximum absolute atomic E-state index is 11.4. The van der Waals surface area contributed by atoms with Gasteiger partial charge in [0.25, 0.3) is 0 Å². The normalized spacial score (nSPS) is 12.1. The molecule has 2 heteroatoms. The SMILES string of the molecule is Cc1ccc(C(CCCc2ccccc2)C(=O)O)cc1. The Bertz CT molecular complexity index is 543. The van der Waals surface area contributed by atoms with E-state index in [2.05, 4.69) is 12.1 Å². The predicted octanol–water partition coefficient (Wildman–Crippen LogP) is 4.19. The largest absolute Gasteiger partial charge is 0.481 e. The van der Waals surface area contributed by atoms with E-state index in [1.54, 1.807) is 0 Å². The Balaban J connectivity index is 1.96. The summed E-state index contributed by atoms with van der Waals surface area (Å²) in [5.74, 6) is -1.14. The van der Waals surface area contributed by atoms with E-state index < -0.39 is 11.9 Å². The summed E-state index contributed by atoms with van der Waals surface area (Å²) in [4.78, 5) is 11.4. The Morgan fingerprint density at radius 2 is 1.70 bits per heavy atom. The zero-order valence-electron chi connectivity index (χ0n) is 11.8. The van der Waals surface area contributed by atoms with Gasteiger partial charge in [-0.25, -0.2) is 0 Å². The van der Waals surface area contributed by atoms with Crippen LogP contribution in [0.4, 0.5) is 0 Å². The van der Waals surface area contributed by atoms with Crippen LogP contribution in [0, 0.1) is 6.92 Å². The van der Waals surface area contributed by atoms with Gasteiger partial charge in [-0.3, -0.25) is 4.79 Å². The van der Waals surface area contributed by atoms with Gasteiger partial charge in [-0.2, -0.15) is 0 Å². The average molecular weight is 268 g/mol. The van der Waals surface area contributed by atoms with E-state index in [4.69, 9.17) is 0 Å². The molecule has 0 spiro atoms. The second-order valence-electron chi connectivity index (χ2n) is 5.18. The highest BCUT2D eigenvalue weighted by molar-refractivity contribution is 5.76. The minimum absolute atomic E-state index is 0.403. The zero-order chi connectivity index (χ0) is 14.4. The number of benzene rings is 2. The van der Waals surface area contributed by atoms with E-state index in [1.165, 1.54) is 5.56 Å². The molecular formula is C18H20O2. The topological polar surface area (TPSA) is 37.3 Å². The first kappa shape index (κ1) is 14.3. The summed E-state index contributed by atoms with van der Waals surface area (Å²) in [5, 5.41) is 9.39. The third-order valence-corrected chi connectivity index (χ3v) is 3.58. The summed E-state index contributed by atoms with van der Waals surface area (Å²) in [7, 11) is 0. The van der Waals surface area contributed by atoms with Crippen LogP contribution >= 0.6 is 0 Å². The molecular weight excluding hydrogens is 248 g/mol. The molecule has 0 aliphatic carbocycles. The Hall–Kier alpha value is -2.09. The van der Waals surface area contributed by atoms with Crippen molar-refractivity contribution in [2.45, 2.75) is 32.1 Å². The van der Waals surface area contributed by atoms with Crippen molar-refractivity contribution in [3.8, 4) is 0 Å². The van der Waals surface area contributed by atoms with Crippen LogP contribution in [-0.4, -0.2) is 11.1 Å². The van der Waals surface area contributed by atoms with Gasteiger partial charge in [0.2, 0.25) is 0 Å². The molecule has 2 rings (SSSR count). The fraction of sp³-hybridized carbons (Fsp3) is 0.278. The van der Waals surface area contributed by atoms with Crippen LogP contribution in [-0.2, 0) is 11.2 Å². The summed E-state index contributed by atoms with van der Waals surface area (Å²) in [6.45, 7) is 2.01. The van der Waals surface area contributed by atoms with Crippen molar-refractivity contribution in [1.29, 1.82) is 0 Å². The fourth-order valence-corrected chi connectivity index (χ4v) is 2.39. The van der Waals surface area contributed by atoms with Crippen LogP contribution in [0.3, 0.4) is 0 Å². The standard InChI is InChI=1S/C18H20O2/c1-14-10-12-16(13-11-14)17(18(19)20)9-5-8-15-6-3-2-4-7-15/h2-4,6-7,10-13,17H,5,8-9H2,1H3,(H,19,20). The van der Waals surface area contributed by atoms with Crippen molar-refractivity contribution in [3.63, 3.8) is 0 Å². The van der Waals surface area contributed by atoms with Gasteiger partial charge in [-0.1, -0.05) is 60.2 Å². The molecule has 1 atom stereocenters. The zero-order valence-corrected chi connectivity index (χ0v) is 11.8. The minimum atomic E-state index is -0.734. The van der Waals surface area contributed by atoms with E-state index in [9.17, 15) is 9.90 Å². The molecule has 0 aliphatic rings. The quantitative estimate of drug-likeness (QED) is 0.853. The molecule has 0 saturated carbocycles. The molecule has 0 fully saturated rings. The first-order chi connectivity index (χ1) is 9.66. The molecule has 2 aromatic carbocycles. The first-order valence-corrected chi connectivity index (χ1v) is 7.00. The molecule has 104 valence electrons. The molecule has 1 unspecified atom stereocenters. The highest BCUT2D eigenvalue weighted by Crippen LogP contribution is 2.23. The van der Waals surface area contributed by atoms with Crippen LogP contribution in [0.25, 0.3) is 0 Å². The van der Waals surface area contributed by atoms with Crippen molar-refractivity contribution in [2.24, 2.45) is 0 Å². The molecule has 0 heterocycles. The maximum atomic E-state index is 11.4. The number of rotatable bonds is 6. The van der Waals surface area contributed by atoms with Gasteiger partial charge in [0.15, 0.2) is 0 Å². The van der Waals surface area contributed by atoms with Gasteiger partial charge >= 0.3 is 5.97 Å². The first-order valence-electron chi connectivity index (χ1n) is 7.00. The van der Waals surface area contributed by atoms with Gasteiger partial charge in [-0.15, -0.1) is 0 Å². The number of hydrogen-bond donors (Lipinski definition) is 1. The molecule has 20 heavy (non-hydrogen) atoms. The van der Waals surface area contributed by atoms with Crippen molar-refractivity contribution in [3.05, 3.63) is 71.3 Å². The van der Waals surface area contributed by atoms with Crippen LogP contribution in [0.1, 0.15) is 35.4 Å². The van der Waals surface area contributed by atoms with Crippen LogP contribution in [0.15, 0.2) is 54.6 Å². The Labute approximate surface area is 120 Å². The molecule has 2 nitrogen and oxygen atoms in total. The monoisotopic (exact) mass is 268 g/mol. The van der Waals surface area contributed by atoms with E-state index in [0.717, 1.165) is 24.0 Å². The number of aliphatic carboxylic acids is 1. The average Bonchev–Trinajstić information content (AvgIpc) is 2.46. The van der Waals surface area contributed by atoms with Gasteiger partial charge in [0.05, 0.1) is 5.92 Å². The lowest BCUT2D eigenvalue weighted by molar-refractivity contribution is -0.139. The predicted molar refractivity (Wildman–Crippen MR) is 80.9 cm³/mol. The number of carboxylic acids is 1. The van der Waals surface area contributed by atoms with Gasteiger partial charge < -0.3 is 5.11 Å². The number of carbonyl (C=O) groups is 1. The van der Waals surface area contributed by atoms with Crippen molar-refractivity contribution in [1.82, 2.24) is 0 Å².